The topological polar surface area (TPSA) is 12.5 Å². The summed E-state index contributed by atoms with van der Waals surface area (Å²) < 4.78 is 5.65. The van der Waals surface area contributed by atoms with Crippen molar-refractivity contribution in [2.75, 3.05) is 26.2 Å². The first-order valence-electron chi connectivity index (χ1n) is 5.07. The van der Waals surface area contributed by atoms with Gasteiger partial charge in [0.15, 0.2) is 0 Å². The van der Waals surface area contributed by atoms with Gasteiger partial charge in [-0.15, -0.1) is 0 Å². The van der Waals surface area contributed by atoms with Crippen LogP contribution in [0.1, 0.15) is 26.7 Å². The van der Waals surface area contributed by atoms with Gasteiger partial charge < -0.3 is 9.64 Å². The van der Waals surface area contributed by atoms with Gasteiger partial charge in [0.1, 0.15) is 0 Å². The van der Waals surface area contributed by atoms with E-state index in [1.807, 2.05) is 0 Å². The smallest absolute Gasteiger partial charge is 0.0842 e. The third-order valence-corrected chi connectivity index (χ3v) is 2.98. The molecule has 70 valence electrons. The van der Waals surface area contributed by atoms with Crippen molar-refractivity contribution in [3.8, 4) is 0 Å². The molecule has 2 rings (SSSR count). The van der Waals surface area contributed by atoms with E-state index in [1.54, 1.807) is 0 Å². The number of rotatable bonds is 2. The fourth-order valence-electron chi connectivity index (χ4n) is 2.31. The molecule has 0 saturated carbocycles. The van der Waals surface area contributed by atoms with E-state index in [9.17, 15) is 0 Å². The van der Waals surface area contributed by atoms with Gasteiger partial charge in [-0.25, -0.2) is 0 Å². The number of hydrogen-bond acceptors (Lipinski definition) is 2. The van der Waals surface area contributed by atoms with E-state index in [4.69, 9.17) is 4.74 Å². The Bertz CT molecular complexity index is 163. The van der Waals surface area contributed by atoms with Crippen LogP contribution in [0.3, 0.4) is 0 Å². The third kappa shape index (κ3) is 1.50. The van der Waals surface area contributed by atoms with E-state index in [0.29, 0.717) is 5.60 Å². The first kappa shape index (κ1) is 8.52. The van der Waals surface area contributed by atoms with E-state index >= 15 is 0 Å². The molecular formula is C10H19NO. The lowest BCUT2D eigenvalue weighted by Gasteiger charge is -2.38. The van der Waals surface area contributed by atoms with Crippen molar-refractivity contribution in [3.63, 3.8) is 0 Å². The first-order chi connectivity index (χ1) is 5.70. The minimum Gasteiger partial charge on any atom is -0.373 e. The van der Waals surface area contributed by atoms with Gasteiger partial charge in [0.2, 0.25) is 0 Å². The van der Waals surface area contributed by atoms with Crippen LogP contribution in [0.15, 0.2) is 0 Å². The Hall–Kier alpha value is -0.0800. The van der Waals surface area contributed by atoms with E-state index in [0.717, 1.165) is 12.5 Å². The molecule has 0 bridgehead atoms. The molecule has 0 aromatic carbocycles. The van der Waals surface area contributed by atoms with Gasteiger partial charge in [0.25, 0.3) is 0 Å². The van der Waals surface area contributed by atoms with E-state index < -0.39 is 0 Å². The molecule has 2 saturated heterocycles. The van der Waals surface area contributed by atoms with Crippen LogP contribution < -0.4 is 0 Å². The molecule has 2 fully saturated rings. The Morgan fingerprint density at radius 3 is 2.58 bits per heavy atom. The molecule has 2 heteroatoms. The van der Waals surface area contributed by atoms with Crippen LogP contribution in [0.4, 0.5) is 0 Å². The number of nitrogens with zero attached hydrogens (tertiary/aromatic N) is 1. The molecule has 2 aliphatic heterocycles. The lowest BCUT2D eigenvalue weighted by molar-refractivity contribution is -0.137. The van der Waals surface area contributed by atoms with Crippen molar-refractivity contribution in [3.05, 3.63) is 0 Å². The molecule has 2 heterocycles. The number of ether oxygens (including phenoxy) is 1. The van der Waals surface area contributed by atoms with Crippen LogP contribution in [0.5, 0.6) is 0 Å². The van der Waals surface area contributed by atoms with Crippen LogP contribution >= 0.6 is 0 Å². The van der Waals surface area contributed by atoms with Crippen LogP contribution in [-0.2, 0) is 4.74 Å². The minimum atomic E-state index is 0.300. The monoisotopic (exact) mass is 169 g/mol. The molecule has 0 aliphatic carbocycles. The number of likely N-dealkylation sites (tertiary alicyclic amines) is 1. The average molecular weight is 169 g/mol. The van der Waals surface area contributed by atoms with Crippen molar-refractivity contribution in [1.82, 2.24) is 4.90 Å². The summed E-state index contributed by atoms with van der Waals surface area (Å²) in [6.45, 7) is 9.24. The summed E-state index contributed by atoms with van der Waals surface area (Å²) in [6, 6.07) is 0. The minimum absolute atomic E-state index is 0.300. The molecule has 0 amide bonds. The largest absolute Gasteiger partial charge is 0.373 e. The second-order valence-corrected chi connectivity index (χ2v) is 4.66. The molecule has 1 unspecified atom stereocenters. The van der Waals surface area contributed by atoms with Gasteiger partial charge in [-0.2, -0.15) is 0 Å². The quantitative estimate of drug-likeness (QED) is 0.621. The highest BCUT2D eigenvalue weighted by Crippen LogP contribution is 2.35. The lowest BCUT2D eigenvalue weighted by Crippen LogP contribution is -2.46. The van der Waals surface area contributed by atoms with Crippen LogP contribution in [-0.4, -0.2) is 36.7 Å². The van der Waals surface area contributed by atoms with Gasteiger partial charge in [0.05, 0.1) is 12.2 Å². The molecule has 0 N–H and O–H groups in total. The molecule has 1 atom stereocenters. The standard InChI is InChI=1S/C10H19NO/c1-9(2)7-11-5-3-10(8-11)4-6-12-10/h9H,3-8H2,1-2H3. The second-order valence-electron chi connectivity index (χ2n) is 4.66. The van der Waals surface area contributed by atoms with Crippen LogP contribution in [0.25, 0.3) is 0 Å². The predicted octanol–water partition coefficient (Wildman–Crippen LogP) is 1.51. The van der Waals surface area contributed by atoms with E-state index in [-0.39, 0.29) is 0 Å². The predicted molar refractivity (Wildman–Crippen MR) is 49.2 cm³/mol. The summed E-state index contributed by atoms with van der Waals surface area (Å²) in [5.74, 6) is 0.792. The van der Waals surface area contributed by atoms with Gasteiger partial charge >= 0.3 is 0 Å². The fourth-order valence-corrected chi connectivity index (χ4v) is 2.31. The average Bonchev–Trinajstić information content (AvgIpc) is 2.29. The van der Waals surface area contributed by atoms with Gasteiger partial charge in [-0.3, -0.25) is 0 Å². The van der Waals surface area contributed by atoms with Crippen LogP contribution in [0, 0.1) is 5.92 Å². The second kappa shape index (κ2) is 3.00. The first-order valence-corrected chi connectivity index (χ1v) is 5.07. The van der Waals surface area contributed by atoms with Crippen molar-refractivity contribution in [2.24, 2.45) is 5.92 Å². The summed E-state index contributed by atoms with van der Waals surface area (Å²) in [5, 5.41) is 0. The maximum Gasteiger partial charge on any atom is 0.0842 e. The summed E-state index contributed by atoms with van der Waals surface area (Å²) in [6.07, 6.45) is 2.56. The van der Waals surface area contributed by atoms with Gasteiger partial charge in [0, 0.05) is 26.1 Å². The van der Waals surface area contributed by atoms with Gasteiger partial charge in [-0.05, 0) is 12.3 Å². The summed E-state index contributed by atoms with van der Waals surface area (Å²) in [4.78, 5) is 2.55. The highest BCUT2D eigenvalue weighted by molar-refractivity contribution is 4.96. The van der Waals surface area contributed by atoms with Crippen LogP contribution in [0.2, 0.25) is 0 Å². The normalized spacial score (nSPS) is 36.2. The van der Waals surface area contributed by atoms with Crippen molar-refractivity contribution >= 4 is 0 Å². The third-order valence-electron chi connectivity index (χ3n) is 2.98. The Kier molecular flexibility index (Phi) is 2.13. The Balaban J connectivity index is 1.81. The Morgan fingerprint density at radius 1 is 1.42 bits per heavy atom. The fraction of sp³-hybridized carbons (Fsp3) is 1.00. The molecule has 2 nitrogen and oxygen atoms in total. The SMILES string of the molecule is CC(C)CN1CCC2(CCO2)C1. The summed E-state index contributed by atoms with van der Waals surface area (Å²) >= 11 is 0. The highest BCUT2D eigenvalue weighted by atomic mass is 16.5. The zero-order valence-corrected chi connectivity index (χ0v) is 8.18. The number of hydrogen-bond donors (Lipinski definition) is 0. The molecule has 2 aliphatic rings. The maximum absolute atomic E-state index is 5.65. The van der Waals surface area contributed by atoms with Crippen molar-refractivity contribution < 1.29 is 4.74 Å². The summed E-state index contributed by atoms with van der Waals surface area (Å²) in [7, 11) is 0. The van der Waals surface area contributed by atoms with E-state index in [2.05, 4.69) is 18.7 Å². The zero-order chi connectivity index (χ0) is 8.60. The molecular weight excluding hydrogens is 150 g/mol. The Morgan fingerprint density at radius 2 is 2.17 bits per heavy atom. The molecule has 0 radical (unpaired) electrons. The van der Waals surface area contributed by atoms with Crippen molar-refractivity contribution in [2.45, 2.75) is 32.3 Å². The Labute approximate surface area is 74.9 Å². The highest BCUT2D eigenvalue weighted by Gasteiger charge is 2.44. The molecule has 0 aromatic heterocycles. The molecule has 12 heavy (non-hydrogen) atoms. The van der Waals surface area contributed by atoms with Gasteiger partial charge in [-0.1, -0.05) is 13.8 Å². The molecule has 0 aromatic rings. The maximum atomic E-state index is 5.65. The van der Waals surface area contributed by atoms with Crippen molar-refractivity contribution in [1.29, 1.82) is 0 Å². The van der Waals surface area contributed by atoms with E-state index in [1.165, 1.54) is 32.5 Å². The molecule has 1 spiro atoms. The zero-order valence-electron chi connectivity index (χ0n) is 8.18. The summed E-state index contributed by atoms with van der Waals surface area (Å²) in [5.41, 5.74) is 0.300. The lowest BCUT2D eigenvalue weighted by atomic mass is 9.94.